The summed E-state index contributed by atoms with van der Waals surface area (Å²) in [7, 11) is 0. The summed E-state index contributed by atoms with van der Waals surface area (Å²) >= 11 is 0. The molecule has 3 rings (SSSR count). The number of hydrogen-bond acceptors (Lipinski definition) is 3. The van der Waals surface area contributed by atoms with Crippen LogP contribution in [0.2, 0.25) is 0 Å². The van der Waals surface area contributed by atoms with Crippen LogP contribution >= 0.6 is 0 Å². The lowest BCUT2D eigenvalue weighted by molar-refractivity contribution is 0.0691. The standard InChI is InChI=1S/C14H14FN3O2/c15-12-2-1-10(7-11(12)14(19)20)8-17-5-6-18-4-3-16-13(18)9-17/h1-4,7H,5-6,8-9H2,(H,19,20). The van der Waals surface area contributed by atoms with Crippen molar-refractivity contribution < 1.29 is 14.3 Å². The first-order valence-electron chi connectivity index (χ1n) is 6.37. The van der Waals surface area contributed by atoms with Crippen LogP contribution in [-0.2, 0) is 19.6 Å². The highest BCUT2D eigenvalue weighted by atomic mass is 19.1. The van der Waals surface area contributed by atoms with E-state index in [1.54, 1.807) is 12.3 Å². The molecule has 2 aromatic rings. The molecular formula is C14H14FN3O2. The number of halogens is 1. The summed E-state index contributed by atoms with van der Waals surface area (Å²) < 4.78 is 15.4. The number of nitrogens with zero attached hydrogens (tertiary/aromatic N) is 3. The number of carbonyl (C=O) groups is 1. The van der Waals surface area contributed by atoms with E-state index in [0.717, 1.165) is 24.5 Å². The number of fused-ring (bicyclic) bond motifs is 1. The van der Waals surface area contributed by atoms with Crippen LogP contribution in [0.5, 0.6) is 0 Å². The van der Waals surface area contributed by atoms with E-state index in [-0.39, 0.29) is 5.56 Å². The fourth-order valence-electron chi connectivity index (χ4n) is 2.45. The van der Waals surface area contributed by atoms with Crippen molar-refractivity contribution in [1.29, 1.82) is 0 Å². The van der Waals surface area contributed by atoms with Crippen molar-refractivity contribution in [3.63, 3.8) is 0 Å². The predicted octanol–water partition coefficient (Wildman–Crippen LogP) is 1.74. The number of rotatable bonds is 3. The van der Waals surface area contributed by atoms with Crippen molar-refractivity contribution >= 4 is 5.97 Å². The molecule has 6 heteroatoms. The number of hydrogen-bond donors (Lipinski definition) is 1. The Kier molecular flexibility index (Phi) is 3.23. The maximum atomic E-state index is 13.3. The van der Waals surface area contributed by atoms with Crippen LogP contribution in [-0.4, -0.2) is 32.1 Å². The van der Waals surface area contributed by atoms with Gasteiger partial charge in [0, 0.05) is 32.0 Å². The molecule has 1 aliphatic rings. The van der Waals surface area contributed by atoms with E-state index in [9.17, 15) is 9.18 Å². The number of aromatic carboxylic acids is 1. The molecule has 0 saturated heterocycles. The fraction of sp³-hybridized carbons (Fsp3) is 0.286. The molecule has 1 aliphatic heterocycles. The third-order valence-corrected chi connectivity index (χ3v) is 3.49. The van der Waals surface area contributed by atoms with E-state index in [0.29, 0.717) is 13.1 Å². The highest BCUT2D eigenvalue weighted by Crippen LogP contribution is 2.16. The van der Waals surface area contributed by atoms with Crippen molar-refractivity contribution in [2.24, 2.45) is 0 Å². The van der Waals surface area contributed by atoms with Crippen LogP contribution in [0.25, 0.3) is 0 Å². The van der Waals surface area contributed by atoms with Crippen molar-refractivity contribution in [2.75, 3.05) is 6.54 Å². The Balaban J connectivity index is 1.76. The van der Waals surface area contributed by atoms with Crippen LogP contribution in [0.15, 0.2) is 30.6 Å². The molecule has 1 aromatic carbocycles. The Hall–Kier alpha value is -2.21. The molecule has 0 unspecified atom stereocenters. The lowest BCUT2D eigenvalue weighted by Crippen LogP contribution is -2.33. The number of carboxylic acids is 1. The van der Waals surface area contributed by atoms with Gasteiger partial charge in [0.15, 0.2) is 0 Å². The summed E-state index contributed by atoms with van der Waals surface area (Å²) in [6, 6.07) is 4.24. The molecule has 0 aliphatic carbocycles. The third kappa shape index (κ3) is 2.42. The minimum absolute atomic E-state index is 0.277. The minimum Gasteiger partial charge on any atom is -0.478 e. The zero-order chi connectivity index (χ0) is 14.1. The number of imidazole rings is 1. The Morgan fingerprint density at radius 3 is 3.05 bits per heavy atom. The molecule has 1 N–H and O–H groups in total. The topological polar surface area (TPSA) is 58.4 Å². The van der Waals surface area contributed by atoms with Gasteiger partial charge in [-0.3, -0.25) is 4.90 Å². The van der Waals surface area contributed by atoms with Gasteiger partial charge in [-0.05, 0) is 17.7 Å². The first-order chi connectivity index (χ1) is 9.63. The molecule has 104 valence electrons. The van der Waals surface area contributed by atoms with E-state index in [2.05, 4.69) is 14.5 Å². The first-order valence-corrected chi connectivity index (χ1v) is 6.37. The molecule has 0 saturated carbocycles. The van der Waals surface area contributed by atoms with E-state index in [1.165, 1.54) is 12.1 Å². The van der Waals surface area contributed by atoms with E-state index >= 15 is 0 Å². The second-order valence-electron chi connectivity index (χ2n) is 4.87. The molecular weight excluding hydrogens is 261 g/mol. The van der Waals surface area contributed by atoms with Gasteiger partial charge in [-0.1, -0.05) is 6.07 Å². The van der Waals surface area contributed by atoms with Crippen molar-refractivity contribution in [3.05, 3.63) is 53.4 Å². The highest BCUT2D eigenvalue weighted by Gasteiger charge is 2.18. The van der Waals surface area contributed by atoms with Crippen molar-refractivity contribution in [2.45, 2.75) is 19.6 Å². The molecule has 0 bridgehead atoms. The molecule has 5 nitrogen and oxygen atoms in total. The SMILES string of the molecule is O=C(O)c1cc(CN2CCn3ccnc3C2)ccc1F. The van der Waals surface area contributed by atoms with Gasteiger partial charge in [0.1, 0.15) is 11.6 Å². The third-order valence-electron chi connectivity index (χ3n) is 3.49. The van der Waals surface area contributed by atoms with Gasteiger partial charge in [0.25, 0.3) is 0 Å². The molecule has 0 atom stereocenters. The van der Waals surface area contributed by atoms with Gasteiger partial charge >= 0.3 is 5.97 Å². The number of benzene rings is 1. The summed E-state index contributed by atoms with van der Waals surface area (Å²) in [5.74, 6) is -0.939. The van der Waals surface area contributed by atoms with Gasteiger partial charge in [0.2, 0.25) is 0 Å². The summed E-state index contributed by atoms with van der Waals surface area (Å²) in [6.45, 7) is 3.03. The lowest BCUT2D eigenvalue weighted by atomic mass is 10.1. The van der Waals surface area contributed by atoms with Crippen LogP contribution in [0.1, 0.15) is 21.7 Å². The van der Waals surface area contributed by atoms with Gasteiger partial charge in [-0.15, -0.1) is 0 Å². The summed E-state index contributed by atoms with van der Waals surface area (Å²) in [5.41, 5.74) is 0.518. The largest absolute Gasteiger partial charge is 0.478 e. The van der Waals surface area contributed by atoms with Crippen LogP contribution < -0.4 is 0 Å². The summed E-state index contributed by atoms with van der Waals surface area (Å²) in [6.07, 6.45) is 3.73. The molecule has 20 heavy (non-hydrogen) atoms. The zero-order valence-corrected chi connectivity index (χ0v) is 10.8. The lowest BCUT2D eigenvalue weighted by Gasteiger charge is -2.27. The molecule has 0 amide bonds. The predicted molar refractivity (Wildman–Crippen MR) is 69.7 cm³/mol. The maximum Gasteiger partial charge on any atom is 0.338 e. The molecule has 0 spiro atoms. The molecule has 1 aromatic heterocycles. The highest BCUT2D eigenvalue weighted by molar-refractivity contribution is 5.88. The number of aromatic nitrogens is 2. The Labute approximate surface area is 115 Å². The van der Waals surface area contributed by atoms with Gasteiger partial charge < -0.3 is 9.67 Å². The average molecular weight is 275 g/mol. The normalized spacial score (nSPS) is 15.1. The van der Waals surface area contributed by atoms with Gasteiger partial charge in [-0.2, -0.15) is 0 Å². The van der Waals surface area contributed by atoms with Crippen LogP contribution in [0.3, 0.4) is 0 Å². The van der Waals surface area contributed by atoms with E-state index < -0.39 is 11.8 Å². The molecule has 2 heterocycles. The smallest absolute Gasteiger partial charge is 0.338 e. The number of carboxylic acid groups (broad SMARTS) is 1. The Bertz CT molecular complexity index is 654. The van der Waals surface area contributed by atoms with E-state index in [4.69, 9.17) is 5.11 Å². The second-order valence-corrected chi connectivity index (χ2v) is 4.87. The molecule has 0 fully saturated rings. The monoisotopic (exact) mass is 275 g/mol. The second kappa shape index (κ2) is 5.05. The quantitative estimate of drug-likeness (QED) is 0.927. The molecule has 0 radical (unpaired) electrons. The zero-order valence-electron chi connectivity index (χ0n) is 10.8. The summed E-state index contributed by atoms with van der Waals surface area (Å²) in [5, 5.41) is 8.93. The Morgan fingerprint density at radius 2 is 2.25 bits per heavy atom. The van der Waals surface area contributed by atoms with Crippen molar-refractivity contribution in [1.82, 2.24) is 14.5 Å². The van der Waals surface area contributed by atoms with E-state index in [1.807, 2.05) is 6.20 Å². The van der Waals surface area contributed by atoms with Crippen LogP contribution in [0, 0.1) is 5.82 Å². The Morgan fingerprint density at radius 1 is 1.40 bits per heavy atom. The minimum atomic E-state index is -1.24. The summed E-state index contributed by atoms with van der Waals surface area (Å²) in [4.78, 5) is 17.4. The van der Waals surface area contributed by atoms with Crippen LogP contribution in [0.4, 0.5) is 4.39 Å². The van der Waals surface area contributed by atoms with Crippen molar-refractivity contribution in [3.8, 4) is 0 Å². The van der Waals surface area contributed by atoms with Gasteiger partial charge in [-0.25, -0.2) is 14.2 Å². The fourth-order valence-corrected chi connectivity index (χ4v) is 2.45. The first kappa shape index (κ1) is 12.8. The maximum absolute atomic E-state index is 13.3. The average Bonchev–Trinajstić information content (AvgIpc) is 2.88. The van der Waals surface area contributed by atoms with Gasteiger partial charge in [0.05, 0.1) is 12.1 Å².